The zero-order chi connectivity index (χ0) is 30.5. The summed E-state index contributed by atoms with van der Waals surface area (Å²) in [6.45, 7) is 6.42. The summed E-state index contributed by atoms with van der Waals surface area (Å²) >= 11 is 18.5. The van der Waals surface area contributed by atoms with E-state index in [0.717, 1.165) is 4.31 Å². The normalized spacial score (nSPS) is 12.4. The molecule has 0 aliphatic heterocycles. The maximum Gasteiger partial charge on any atom is 0.264 e. The van der Waals surface area contributed by atoms with E-state index in [2.05, 4.69) is 5.32 Å². The van der Waals surface area contributed by atoms with Crippen LogP contribution >= 0.6 is 34.8 Å². The highest BCUT2D eigenvalue weighted by atomic mass is 35.5. The van der Waals surface area contributed by atoms with Crippen LogP contribution in [-0.4, -0.2) is 50.4 Å². The standard InChI is InChI=1S/C29H32Cl3N3O5S/c1-19(28(37)33-29(2,3)4)34(17-20-9-14-25(31)26(32)15-20)27(36)18-35(22-8-6-7-21(30)16-22)41(38,39)24-12-10-23(40-5)11-13-24/h6-16,19H,17-18H2,1-5H3,(H,33,37). The number of amides is 2. The average Bonchev–Trinajstić information content (AvgIpc) is 2.90. The fourth-order valence-electron chi connectivity index (χ4n) is 3.93. The fourth-order valence-corrected chi connectivity index (χ4v) is 5.84. The molecule has 0 fully saturated rings. The van der Waals surface area contributed by atoms with E-state index in [1.54, 1.807) is 43.3 Å². The molecule has 0 bridgehead atoms. The second kappa shape index (κ2) is 13.3. The number of hydrogen-bond acceptors (Lipinski definition) is 5. The summed E-state index contributed by atoms with van der Waals surface area (Å²) in [4.78, 5) is 28.4. The van der Waals surface area contributed by atoms with Gasteiger partial charge in [-0.2, -0.15) is 0 Å². The van der Waals surface area contributed by atoms with Gasteiger partial charge >= 0.3 is 0 Å². The van der Waals surface area contributed by atoms with Crippen molar-refractivity contribution in [2.24, 2.45) is 0 Å². The van der Waals surface area contributed by atoms with Gasteiger partial charge in [0.1, 0.15) is 18.3 Å². The van der Waals surface area contributed by atoms with Crippen molar-refractivity contribution < 1.29 is 22.7 Å². The van der Waals surface area contributed by atoms with E-state index in [1.165, 1.54) is 42.3 Å². The molecular weight excluding hydrogens is 609 g/mol. The molecule has 0 radical (unpaired) electrons. The van der Waals surface area contributed by atoms with Gasteiger partial charge in [0, 0.05) is 17.1 Å². The van der Waals surface area contributed by atoms with Crippen LogP contribution in [0.5, 0.6) is 5.75 Å². The summed E-state index contributed by atoms with van der Waals surface area (Å²) in [5.41, 5.74) is 0.229. The first kappa shape index (κ1) is 32.5. The molecule has 0 saturated carbocycles. The third-order valence-corrected chi connectivity index (χ3v) is 8.79. The average molecular weight is 641 g/mol. The number of methoxy groups -OCH3 is 1. The summed E-state index contributed by atoms with van der Waals surface area (Å²) < 4.78 is 33.9. The predicted molar refractivity (Wildman–Crippen MR) is 163 cm³/mol. The Labute approximate surface area is 256 Å². The first-order valence-electron chi connectivity index (χ1n) is 12.6. The van der Waals surface area contributed by atoms with E-state index in [9.17, 15) is 18.0 Å². The largest absolute Gasteiger partial charge is 0.497 e. The number of benzene rings is 3. The molecule has 220 valence electrons. The van der Waals surface area contributed by atoms with Crippen LogP contribution in [0, 0.1) is 0 Å². The number of anilines is 1. The minimum Gasteiger partial charge on any atom is -0.497 e. The van der Waals surface area contributed by atoms with Gasteiger partial charge in [0.2, 0.25) is 11.8 Å². The Morgan fingerprint density at radius 3 is 2.17 bits per heavy atom. The maximum atomic E-state index is 14.0. The smallest absolute Gasteiger partial charge is 0.264 e. The molecule has 2 amide bonds. The van der Waals surface area contributed by atoms with Crippen molar-refractivity contribution >= 4 is 62.3 Å². The highest BCUT2D eigenvalue weighted by Crippen LogP contribution is 2.28. The van der Waals surface area contributed by atoms with Gasteiger partial charge in [-0.1, -0.05) is 46.9 Å². The number of halogens is 3. The van der Waals surface area contributed by atoms with Crippen molar-refractivity contribution in [2.45, 2.75) is 50.7 Å². The third kappa shape index (κ3) is 8.52. The van der Waals surface area contributed by atoms with Crippen molar-refractivity contribution in [3.8, 4) is 5.75 Å². The number of carbonyl (C=O) groups excluding carboxylic acids is 2. The molecule has 3 rings (SSSR count). The Bertz CT molecular complexity index is 1510. The molecule has 0 aliphatic rings. The number of nitrogens with zero attached hydrogens (tertiary/aromatic N) is 2. The molecule has 0 spiro atoms. The minimum absolute atomic E-state index is 0.0274. The van der Waals surface area contributed by atoms with Crippen LogP contribution in [0.4, 0.5) is 5.69 Å². The van der Waals surface area contributed by atoms with Gasteiger partial charge < -0.3 is 15.0 Å². The molecule has 8 nitrogen and oxygen atoms in total. The highest BCUT2D eigenvalue weighted by Gasteiger charge is 2.33. The van der Waals surface area contributed by atoms with Crippen molar-refractivity contribution in [2.75, 3.05) is 18.0 Å². The van der Waals surface area contributed by atoms with E-state index in [-0.39, 0.29) is 27.2 Å². The molecular formula is C29H32Cl3N3O5S. The van der Waals surface area contributed by atoms with Crippen LogP contribution in [0.3, 0.4) is 0 Å². The summed E-state index contributed by atoms with van der Waals surface area (Å²) in [6.07, 6.45) is 0. The molecule has 1 N–H and O–H groups in total. The molecule has 3 aromatic rings. The van der Waals surface area contributed by atoms with Crippen LogP contribution in [-0.2, 0) is 26.2 Å². The van der Waals surface area contributed by atoms with Crippen molar-refractivity contribution in [1.82, 2.24) is 10.2 Å². The SMILES string of the molecule is COc1ccc(S(=O)(=O)N(CC(=O)N(Cc2ccc(Cl)c(Cl)c2)C(C)C(=O)NC(C)(C)C)c2cccc(Cl)c2)cc1. The lowest BCUT2D eigenvalue weighted by Gasteiger charge is -2.33. The molecule has 41 heavy (non-hydrogen) atoms. The van der Waals surface area contributed by atoms with Gasteiger partial charge in [-0.05, 0) is 87.9 Å². The first-order chi connectivity index (χ1) is 19.1. The Morgan fingerprint density at radius 1 is 0.951 bits per heavy atom. The zero-order valence-corrected chi connectivity index (χ0v) is 26.4. The Morgan fingerprint density at radius 2 is 1.61 bits per heavy atom. The Balaban J connectivity index is 2.05. The summed E-state index contributed by atoms with van der Waals surface area (Å²) in [5, 5.41) is 3.79. The zero-order valence-electron chi connectivity index (χ0n) is 23.3. The highest BCUT2D eigenvalue weighted by molar-refractivity contribution is 7.92. The quantitative estimate of drug-likeness (QED) is 0.286. The molecule has 0 aromatic heterocycles. The second-order valence-electron chi connectivity index (χ2n) is 10.4. The van der Waals surface area contributed by atoms with E-state index in [4.69, 9.17) is 39.5 Å². The van der Waals surface area contributed by atoms with Gasteiger partial charge in [-0.3, -0.25) is 13.9 Å². The lowest BCUT2D eigenvalue weighted by atomic mass is 10.1. The summed E-state index contributed by atoms with van der Waals surface area (Å²) in [7, 11) is -2.78. The number of hydrogen-bond donors (Lipinski definition) is 1. The molecule has 3 aromatic carbocycles. The summed E-state index contributed by atoms with van der Waals surface area (Å²) in [6, 6.07) is 15.9. The van der Waals surface area contributed by atoms with E-state index in [1.807, 2.05) is 20.8 Å². The fraction of sp³-hybridized carbons (Fsp3) is 0.310. The van der Waals surface area contributed by atoms with Crippen LogP contribution in [0.1, 0.15) is 33.3 Å². The third-order valence-electron chi connectivity index (χ3n) is 6.02. The van der Waals surface area contributed by atoms with Crippen molar-refractivity contribution in [3.63, 3.8) is 0 Å². The molecule has 0 aliphatic carbocycles. The van der Waals surface area contributed by atoms with Crippen LogP contribution in [0.15, 0.2) is 71.6 Å². The van der Waals surface area contributed by atoms with Gasteiger partial charge in [0.25, 0.3) is 10.0 Å². The molecule has 12 heteroatoms. The number of rotatable bonds is 10. The number of ether oxygens (including phenoxy) is 1. The molecule has 0 saturated heterocycles. The minimum atomic E-state index is -4.25. The van der Waals surface area contributed by atoms with Gasteiger partial charge in [0.15, 0.2) is 0 Å². The Kier molecular flexibility index (Phi) is 10.6. The number of sulfonamides is 1. The monoisotopic (exact) mass is 639 g/mol. The van der Waals surface area contributed by atoms with Gasteiger partial charge in [-0.15, -0.1) is 0 Å². The predicted octanol–water partition coefficient (Wildman–Crippen LogP) is 6.18. The van der Waals surface area contributed by atoms with E-state index < -0.39 is 40.0 Å². The van der Waals surface area contributed by atoms with E-state index >= 15 is 0 Å². The number of carbonyl (C=O) groups is 2. The maximum absolute atomic E-state index is 14.0. The molecule has 1 unspecified atom stereocenters. The molecule has 1 atom stereocenters. The number of nitrogens with one attached hydrogen (secondary N) is 1. The lowest BCUT2D eigenvalue weighted by molar-refractivity contribution is -0.140. The van der Waals surface area contributed by atoms with E-state index in [0.29, 0.717) is 16.3 Å². The second-order valence-corrected chi connectivity index (χ2v) is 13.5. The van der Waals surface area contributed by atoms with Crippen molar-refractivity contribution in [3.05, 3.63) is 87.4 Å². The topological polar surface area (TPSA) is 96.0 Å². The summed E-state index contributed by atoms with van der Waals surface area (Å²) in [5.74, 6) is -0.552. The molecule has 0 heterocycles. The lowest BCUT2D eigenvalue weighted by Crippen LogP contribution is -2.54. The van der Waals surface area contributed by atoms with Crippen LogP contribution in [0.25, 0.3) is 0 Å². The van der Waals surface area contributed by atoms with Crippen molar-refractivity contribution in [1.29, 1.82) is 0 Å². The van der Waals surface area contributed by atoms with Crippen LogP contribution < -0.4 is 14.4 Å². The van der Waals surface area contributed by atoms with Gasteiger partial charge in [0.05, 0.1) is 27.7 Å². The Hall–Kier alpha value is -2.98. The van der Waals surface area contributed by atoms with Crippen LogP contribution in [0.2, 0.25) is 15.1 Å². The first-order valence-corrected chi connectivity index (χ1v) is 15.2. The van der Waals surface area contributed by atoms with Gasteiger partial charge in [-0.25, -0.2) is 8.42 Å².